The summed E-state index contributed by atoms with van der Waals surface area (Å²) in [5, 5.41) is 0. The Morgan fingerprint density at radius 1 is 0.231 bits per heavy atom. The van der Waals surface area contributed by atoms with Crippen molar-refractivity contribution in [3.8, 4) is 0 Å². The van der Waals surface area contributed by atoms with E-state index in [0.717, 1.165) is 71.0 Å². The van der Waals surface area contributed by atoms with Crippen molar-refractivity contribution >= 4 is 0 Å². The lowest BCUT2D eigenvalue weighted by Crippen LogP contribution is -2.43. The molecule has 0 aromatic carbocycles. The standard InChI is InChI=1S/C38H62O/c1-3-13-27-25(9-1)11-5-15-29(27)33-21-23-35-31(33)17-7-19-37(35)39-38-20-8-18-32-34(22-24-36(32)38)30-16-6-12-26-10-2-4-14-28(26)30/h25-38H,1-24H2. The lowest BCUT2D eigenvalue weighted by atomic mass is 9.59. The van der Waals surface area contributed by atoms with E-state index in [-0.39, 0.29) is 0 Å². The molecule has 0 heterocycles. The first kappa shape index (κ1) is 26.6. The number of ether oxygens (including phenoxy) is 1. The van der Waals surface area contributed by atoms with Crippen LogP contribution in [0.5, 0.6) is 0 Å². The van der Waals surface area contributed by atoms with Crippen molar-refractivity contribution < 1.29 is 4.74 Å². The highest BCUT2D eigenvalue weighted by molar-refractivity contribution is 5.01. The Kier molecular flexibility index (Phi) is 7.88. The molecule has 8 aliphatic rings. The molecule has 0 amide bonds. The average molecular weight is 535 g/mol. The van der Waals surface area contributed by atoms with Crippen LogP contribution < -0.4 is 0 Å². The van der Waals surface area contributed by atoms with Crippen molar-refractivity contribution in [3.05, 3.63) is 0 Å². The Bertz CT molecular complexity index is 750. The lowest BCUT2D eigenvalue weighted by Gasteiger charge is -2.48. The number of hydrogen-bond acceptors (Lipinski definition) is 1. The van der Waals surface area contributed by atoms with Crippen LogP contribution in [-0.4, -0.2) is 12.2 Å². The molecule has 39 heavy (non-hydrogen) atoms. The first-order valence-corrected chi connectivity index (χ1v) is 19.0. The molecule has 220 valence electrons. The average Bonchev–Trinajstić information content (AvgIpc) is 3.62. The van der Waals surface area contributed by atoms with E-state index in [2.05, 4.69) is 0 Å². The largest absolute Gasteiger partial charge is 0.374 e. The van der Waals surface area contributed by atoms with Crippen LogP contribution in [0.15, 0.2) is 0 Å². The van der Waals surface area contributed by atoms with E-state index in [0.29, 0.717) is 12.2 Å². The van der Waals surface area contributed by atoms with Crippen LogP contribution in [0.4, 0.5) is 0 Å². The van der Waals surface area contributed by atoms with E-state index in [1.54, 1.807) is 89.9 Å². The van der Waals surface area contributed by atoms with Gasteiger partial charge in [0.25, 0.3) is 0 Å². The van der Waals surface area contributed by atoms with Crippen molar-refractivity contribution in [1.29, 1.82) is 0 Å². The third-order valence-electron chi connectivity index (χ3n) is 15.6. The molecule has 0 saturated heterocycles. The van der Waals surface area contributed by atoms with Gasteiger partial charge < -0.3 is 4.74 Å². The highest BCUT2D eigenvalue weighted by Crippen LogP contribution is 2.59. The van der Waals surface area contributed by atoms with Crippen LogP contribution in [0.2, 0.25) is 0 Å². The van der Waals surface area contributed by atoms with Gasteiger partial charge in [-0.1, -0.05) is 77.0 Å². The fourth-order valence-electron chi connectivity index (χ4n) is 14.2. The van der Waals surface area contributed by atoms with Gasteiger partial charge in [0.2, 0.25) is 0 Å². The Hall–Kier alpha value is -0.0400. The van der Waals surface area contributed by atoms with Crippen molar-refractivity contribution in [2.75, 3.05) is 0 Å². The van der Waals surface area contributed by atoms with Crippen molar-refractivity contribution in [2.45, 2.75) is 166 Å². The van der Waals surface area contributed by atoms with Gasteiger partial charge >= 0.3 is 0 Å². The maximum Gasteiger partial charge on any atom is 0.0609 e. The van der Waals surface area contributed by atoms with Gasteiger partial charge in [-0.2, -0.15) is 0 Å². The monoisotopic (exact) mass is 534 g/mol. The molecule has 0 aromatic rings. The highest BCUT2D eigenvalue weighted by atomic mass is 16.5. The summed E-state index contributed by atoms with van der Waals surface area (Å²) in [6.45, 7) is 0. The molecule has 14 unspecified atom stereocenters. The molecular formula is C38H62O. The van der Waals surface area contributed by atoms with Gasteiger partial charge in [0.15, 0.2) is 0 Å². The minimum absolute atomic E-state index is 0.625. The zero-order chi connectivity index (χ0) is 25.8. The maximum absolute atomic E-state index is 7.44. The molecule has 0 bridgehead atoms. The lowest BCUT2D eigenvalue weighted by molar-refractivity contribution is -0.118. The van der Waals surface area contributed by atoms with E-state index in [9.17, 15) is 0 Å². The van der Waals surface area contributed by atoms with E-state index in [1.807, 2.05) is 0 Å². The van der Waals surface area contributed by atoms with Gasteiger partial charge in [0, 0.05) is 0 Å². The molecule has 0 radical (unpaired) electrons. The maximum atomic E-state index is 7.44. The van der Waals surface area contributed by atoms with Crippen molar-refractivity contribution in [2.24, 2.45) is 71.0 Å². The Morgan fingerprint density at radius 3 is 1.03 bits per heavy atom. The second-order valence-corrected chi connectivity index (χ2v) is 16.8. The Morgan fingerprint density at radius 2 is 0.538 bits per heavy atom. The zero-order valence-corrected chi connectivity index (χ0v) is 25.5. The quantitative estimate of drug-likeness (QED) is 0.348. The predicted molar refractivity (Wildman–Crippen MR) is 161 cm³/mol. The Labute approximate surface area is 241 Å². The molecule has 8 saturated carbocycles. The second-order valence-electron chi connectivity index (χ2n) is 16.8. The minimum atomic E-state index is 0.625. The molecule has 8 rings (SSSR count). The smallest absolute Gasteiger partial charge is 0.0609 e. The van der Waals surface area contributed by atoms with E-state index in [1.165, 1.54) is 64.2 Å². The molecular weight excluding hydrogens is 472 g/mol. The van der Waals surface area contributed by atoms with Crippen LogP contribution in [0.3, 0.4) is 0 Å². The van der Waals surface area contributed by atoms with Crippen molar-refractivity contribution in [3.63, 3.8) is 0 Å². The summed E-state index contributed by atoms with van der Waals surface area (Å²) >= 11 is 0. The third kappa shape index (κ3) is 4.91. The summed E-state index contributed by atoms with van der Waals surface area (Å²) < 4.78 is 7.44. The second kappa shape index (κ2) is 11.6. The van der Waals surface area contributed by atoms with E-state index < -0.39 is 0 Å². The molecule has 8 aliphatic carbocycles. The molecule has 1 nitrogen and oxygen atoms in total. The van der Waals surface area contributed by atoms with Crippen LogP contribution in [0.1, 0.15) is 154 Å². The molecule has 0 N–H and O–H groups in total. The Balaban J connectivity index is 0.932. The summed E-state index contributed by atoms with van der Waals surface area (Å²) in [5.74, 6) is 12.6. The van der Waals surface area contributed by atoms with Gasteiger partial charge in [-0.25, -0.2) is 0 Å². The topological polar surface area (TPSA) is 9.23 Å². The van der Waals surface area contributed by atoms with E-state index in [4.69, 9.17) is 4.74 Å². The van der Waals surface area contributed by atoms with Crippen molar-refractivity contribution in [1.82, 2.24) is 0 Å². The summed E-state index contributed by atoms with van der Waals surface area (Å²) in [6.07, 6.45) is 38.1. The van der Waals surface area contributed by atoms with Gasteiger partial charge in [0.1, 0.15) is 0 Å². The van der Waals surface area contributed by atoms with Gasteiger partial charge in [-0.3, -0.25) is 0 Å². The number of hydrogen-bond donors (Lipinski definition) is 0. The zero-order valence-electron chi connectivity index (χ0n) is 25.5. The van der Waals surface area contributed by atoms with Gasteiger partial charge in [-0.15, -0.1) is 0 Å². The summed E-state index contributed by atoms with van der Waals surface area (Å²) in [4.78, 5) is 0. The predicted octanol–water partition coefficient (Wildman–Crippen LogP) is 10.6. The molecule has 0 aromatic heterocycles. The first-order chi connectivity index (χ1) is 19.3. The molecule has 14 atom stereocenters. The fourth-order valence-corrected chi connectivity index (χ4v) is 14.2. The highest BCUT2D eigenvalue weighted by Gasteiger charge is 2.52. The molecule has 0 aliphatic heterocycles. The summed E-state index contributed by atoms with van der Waals surface area (Å²) in [5.41, 5.74) is 0. The SMILES string of the molecule is C1CCC2C(C1)CCCC2C1CCC2C(OC3CCCC4C3CCC4C3CCCC4CCCCC43)CCCC21. The number of rotatable bonds is 4. The first-order valence-electron chi connectivity index (χ1n) is 19.0. The minimum Gasteiger partial charge on any atom is -0.374 e. The van der Waals surface area contributed by atoms with Crippen LogP contribution in [-0.2, 0) is 4.74 Å². The molecule has 1 heteroatoms. The normalized spacial score (nSPS) is 53.8. The van der Waals surface area contributed by atoms with Gasteiger partial charge in [-0.05, 0) is 148 Å². The summed E-state index contributed by atoms with van der Waals surface area (Å²) in [7, 11) is 0. The van der Waals surface area contributed by atoms with Gasteiger partial charge in [0.05, 0.1) is 12.2 Å². The van der Waals surface area contributed by atoms with Crippen LogP contribution in [0, 0.1) is 71.0 Å². The summed E-state index contributed by atoms with van der Waals surface area (Å²) in [6, 6.07) is 0. The molecule has 0 spiro atoms. The fraction of sp³-hybridized carbons (Fsp3) is 1.00. The molecule has 8 fully saturated rings. The third-order valence-corrected chi connectivity index (χ3v) is 15.6. The van der Waals surface area contributed by atoms with E-state index >= 15 is 0 Å². The van der Waals surface area contributed by atoms with Crippen LogP contribution in [0.25, 0.3) is 0 Å². The van der Waals surface area contributed by atoms with Crippen LogP contribution >= 0.6 is 0 Å². The number of fused-ring (bicyclic) bond motifs is 4.